The van der Waals surface area contributed by atoms with Gasteiger partial charge in [-0.2, -0.15) is 0 Å². The number of para-hydroxylation sites is 2. The molecule has 0 amide bonds. The maximum Gasteiger partial charge on any atom is 0.344 e. The largest absolute Gasteiger partial charge is 0.497 e. The molecule has 1 aliphatic heterocycles. The zero-order valence-corrected chi connectivity index (χ0v) is 17.1. The third-order valence-electron chi connectivity index (χ3n) is 5.46. The van der Waals surface area contributed by atoms with Gasteiger partial charge in [0, 0.05) is 12.3 Å². The van der Waals surface area contributed by atoms with Gasteiger partial charge in [0.2, 0.25) is 0 Å². The zero-order valence-electron chi connectivity index (χ0n) is 17.1. The molecule has 158 valence electrons. The normalized spacial score (nSPS) is 16.1. The lowest BCUT2D eigenvalue weighted by molar-refractivity contribution is 0.0163. The molecule has 0 bridgehead atoms. The molecule has 1 aliphatic rings. The van der Waals surface area contributed by atoms with Crippen molar-refractivity contribution in [3.8, 4) is 11.4 Å². The first kappa shape index (κ1) is 19.3. The molecule has 31 heavy (non-hydrogen) atoms. The maximum absolute atomic E-state index is 13.1. The number of nitrogens with zero attached hydrogens (tertiary/aromatic N) is 3. The number of methoxy groups -OCH3 is 1. The fourth-order valence-corrected chi connectivity index (χ4v) is 3.87. The molecule has 8 nitrogen and oxygen atoms in total. The van der Waals surface area contributed by atoms with Crippen LogP contribution in [0.4, 0.5) is 5.82 Å². The molecule has 0 unspecified atom stereocenters. The van der Waals surface area contributed by atoms with Gasteiger partial charge in [-0.15, -0.1) is 0 Å². The molecule has 1 atom stereocenters. The van der Waals surface area contributed by atoms with Crippen LogP contribution in [0.15, 0.2) is 48.5 Å². The molecule has 0 aliphatic carbocycles. The first-order valence-corrected chi connectivity index (χ1v) is 10.2. The van der Waals surface area contributed by atoms with Crippen LogP contribution in [0.1, 0.15) is 23.2 Å². The van der Waals surface area contributed by atoms with Gasteiger partial charge in [0.05, 0.1) is 24.2 Å². The Hall–Kier alpha value is -3.65. The van der Waals surface area contributed by atoms with E-state index in [-0.39, 0.29) is 24.1 Å². The van der Waals surface area contributed by atoms with E-state index in [1.54, 1.807) is 11.7 Å². The Morgan fingerprint density at radius 2 is 1.90 bits per heavy atom. The number of aromatic nitrogens is 3. The van der Waals surface area contributed by atoms with E-state index in [2.05, 4.69) is 0 Å². The van der Waals surface area contributed by atoms with E-state index in [1.165, 1.54) is 0 Å². The van der Waals surface area contributed by atoms with Gasteiger partial charge in [0.25, 0.3) is 0 Å². The van der Waals surface area contributed by atoms with Gasteiger partial charge < -0.3 is 19.9 Å². The fourth-order valence-electron chi connectivity index (χ4n) is 3.87. The van der Waals surface area contributed by atoms with Gasteiger partial charge in [-0.25, -0.2) is 14.8 Å². The molecule has 2 N–H and O–H groups in total. The summed E-state index contributed by atoms with van der Waals surface area (Å²) in [6, 6.07) is 14.9. The van der Waals surface area contributed by atoms with Crippen molar-refractivity contribution in [2.75, 3.05) is 26.1 Å². The highest BCUT2D eigenvalue weighted by molar-refractivity contribution is 6.09. The number of benzene rings is 2. The Kier molecular flexibility index (Phi) is 4.91. The molecule has 1 saturated heterocycles. The predicted molar refractivity (Wildman–Crippen MR) is 117 cm³/mol. The number of ether oxygens (including phenoxy) is 3. The Morgan fingerprint density at radius 3 is 2.58 bits per heavy atom. The smallest absolute Gasteiger partial charge is 0.344 e. The van der Waals surface area contributed by atoms with Crippen LogP contribution in [0, 0.1) is 0 Å². The average Bonchev–Trinajstić information content (AvgIpc) is 3.41. The second kappa shape index (κ2) is 7.88. The third kappa shape index (κ3) is 3.44. The number of hydrogen-bond donors (Lipinski definition) is 1. The summed E-state index contributed by atoms with van der Waals surface area (Å²) in [6.07, 6.45) is 1.77. The third-order valence-corrected chi connectivity index (χ3v) is 5.46. The van der Waals surface area contributed by atoms with Gasteiger partial charge in [0.1, 0.15) is 29.3 Å². The summed E-state index contributed by atoms with van der Waals surface area (Å²) in [5, 5.41) is 0. The quantitative estimate of drug-likeness (QED) is 0.495. The molecule has 5 rings (SSSR count). The van der Waals surface area contributed by atoms with Crippen LogP contribution in [-0.2, 0) is 9.47 Å². The van der Waals surface area contributed by atoms with Gasteiger partial charge in [-0.05, 0) is 49.2 Å². The Balaban J connectivity index is 1.65. The molecule has 2 aromatic carbocycles. The number of rotatable bonds is 5. The van der Waals surface area contributed by atoms with E-state index in [4.69, 9.17) is 29.9 Å². The monoisotopic (exact) mass is 418 g/mol. The van der Waals surface area contributed by atoms with Gasteiger partial charge in [-0.1, -0.05) is 12.1 Å². The van der Waals surface area contributed by atoms with Crippen molar-refractivity contribution in [3.63, 3.8) is 0 Å². The van der Waals surface area contributed by atoms with Crippen molar-refractivity contribution in [2.24, 2.45) is 0 Å². The molecule has 1 fully saturated rings. The summed E-state index contributed by atoms with van der Waals surface area (Å²) in [6.45, 7) is 0.882. The second-order valence-electron chi connectivity index (χ2n) is 7.41. The van der Waals surface area contributed by atoms with E-state index < -0.39 is 5.97 Å². The number of nitrogens with two attached hydrogens (primary N) is 1. The minimum absolute atomic E-state index is 0.0768. The molecule has 0 saturated carbocycles. The first-order chi connectivity index (χ1) is 15.2. The molecule has 0 radical (unpaired) electrons. The molecule has 8 heteroatoms. The number of nitrogen functional groups attached to an aromatic ring is 1. The Morgan fingerprint density at radius 1 is 1.16 bits per heavy atom. The van der Waals surface area contributed by atoms with E-state index in [0.717, 1.165) is 18.5 Å². The second-order valence-corrected chi connectivity index (χ2v) is 7.41. The summed E-state index contributed by atoms with van der Waals surface area (Å²) in [5.74, 6) is 0.411. The summed E-state index contributed by atoms with van der Waals surface area (Å²) >= 11 is 0. The topological polar surface area (TPSA) is 101 Å². The van der Waals surface area contributed by atoms with E-state index >= 15 is 0 Å². The minimum Gasteiger partial charge on any atom is -0.497 e. The van der Waals surface area contributed by atoms with Crippen molar-refractivity contribution in [2.45, 2.75) is 18.9 Å². The van der Waals surface area contributed by atoms with E-state index in [9.17, 15) is 4.79 Å². The van der Waals surface area contributed by atoms with Crippen LogP contribution in [0.3, 0.4) is 0 Å². The Labute approximate surface area is 178 Å². The highest BCUT2D eigenvalue weighted by atomic mass is 16.6. The zero-order chi connectivity index (χ0) is 21.4. The number of esters is 1. The molecular formula is C23H22N4O4. The first-order valence-electron chi connectivity index (χ1n) is 10.2. The number of fused-ring (bicyclic) bond motifs is 2. The van der Waals surface area contributed by atoms with Gasteiger partial charge >= 0.3 is 5.97 Å². The Bertz CT molecular complexity index is 1260. The van der Waals surface area contributed by atoms with Crippen molar-refractivity contribution in [1.82, 2.24) is 14.5 Å². The maximum atomic E-state index is 13.1. The molecule has 0 spiro atoms. The number of carbonyl (C=O) groups is 1. The van der Waals surface area contributed by atoms with E-state index in [1.807, 2.05) is 48.5 Å². The van der Waals surface area contributed by atoms with Crippen LogP contribution >= 0.6 is 0 Å². The van der Waals surface area contributed by atoms with Crippen LogP contribution in [-0.4, -0.2) is 46.9 Å². The molecule has 4 aromatic rings. The summed E-state index contributed by atoms with van der Waals surface area (Å²) < 4.78 is 18.1. The van der Waals surface area contributed by atoms with Gasteiger partial charge in [0.15, 0.2) is 5.65 Å². The highest BCUT2D eigenvalue weighted by Crippen LogP contribution is 2.32. The number of carbonyl (C=O) groups excluding carboxylic acids is 1. The number of hydrogen-bond acceptors (Lipinski definition) is 7. The standard InChI is InChI=1S/C23H22N4O4/c1-29-15-10-8-14(9-11-15)27-21(24)19(23(28)31-13-16-5-4-12-30-16)20-22(27)26-18-7-3-2-6-17(18)25-20/h2-3,6-11,16H,4-5,12-13,24H2,1H3/t16-/m1/s1. The van der Waals surface area contributed by atoms with Crippen molar-refractivity contribution in [1.29, 1.82) is 0 Å². The summed E-state index contributed by atoms with van der Waals surface area (Å²) in [4.78, 5) is 22.5. The van der Waals surface area contributed by atoms with Crippen molar-refractivity contribution < 1.29 is 19.0 Å². The lowest BCUT2D eigenvalue weighted by atomic mass is 10.2. The van der Waals surface area contributed by atoms with Crippen molar-refractivity contribution >= 4 is 34.0 Å². The lowest BCUT2D eigenvalue weighted by Gasteiger charge is -2.11. The molecule has 3 heterocycles. The summed E-state index contributed by atoms with van der Waals surface area (Å²) in [5.41, 5.74) is 9.72. The van der Waals surface area contributed by atoms with Crippen LogP contribution in [0.5, 0.6) is 5.75 Å². The average molecular weight is 418 g/mol. The lowest BCUT2D eigenvalue weighted by Crippen LogP contribution is -2.18. The van der Waals surface area contributed by atoms with Gasteiger partial charge in [-0.3, -0.25) is 4.57 Å². The van der Waals surface area contributed by atoms with E-state index in [0.29, 0.717) is 34.6 Å². The molecular weight excluding hydrogens is 396 g/mol. The van der Waals surface area contributed by atoms with Crippen molar-refractivity contribution in [3.05, 3.63) is 54.1 Å². The number of anilines is 1. The molecule has 2 aromatic heterocycles. The summed E-state index contributed by atoms with van der Waals surface area (Å²) in [7, 11) is 1.61. The SMILES string of the molecule is COc1ccc(-n2c(N)c(C(=O)OC[C@H]3CCCO3)c3nc4ccccc4nc32)cc1. The fraction of sp³-hybridized carbons (Fsp3) is 0.261. The van der Waals surface area contributed by atoms with Crippen LogP contribution in [0.2, 0.25) is 0 Å². The van der Waals surface area contributed by atoms with Crippen LogP contribution in [0.25, 0.3) is 27.9 Å². The minimum atomic E-state index is -0.533. The highest BCUT2D eigenvalue weighted by Gasteiger charge is 2.27. The van der Waals surface area contributed by atoms with Crippen LogP contribution < -0.4 is 10.5 Å². The predicted octanol–water partition coefficient (Wildman–Crippen LogP) is 3.50.